The minimum Gasteiger partial charge on any atom is -0.496 e. The maximum absolute atomic E-state index is 5.26. The van der Waals surface area contributed by atoms with E-state index in [4.69, 9.17) is 4.74 Å². The highest BCUT2D eigenvalue weighted by atomic mass is 32.1. The van der Waals surface area contributed by atoms with Gasteiger partial charge in [-0.1, -0.05) is 16.5 Å². The van der Waals surface area contributed by atoms with Gasteiger partial charge in [0.15, 0.2) is 0 Å². The maximum Gasteiger partial charge on any atom is 0.229 e. The Morgan fingerprint density at radius 2 is 2.31 bits per heavy atom. The number of benzene rings is 1. The fraction of sp³-hybridized carbons (Fsp3) is 0.300. The molecule has 0 fully saturated rings. The van der Waals surface area contributed by atoms with Crippen LogP contribution in [0, 0.1) is 0 Å². The fourth-order valence-electron chi connectivity index (χ4n) is 1.44. The first-order valence-corrected chi connectivity index (χ1v) is 5.69. The first kappa shape index (κ1) is 10.8. The predicted molar refractivity (Wildman–Crippen MR) is 63.4 cm³/mol. The van der Waals surface area contributed by atoms with E-state index in [2.05, 4.69) is 27.0 Å². The van der Waals surface area contributed by atoms with Gasteiger partial charge in [0.1, 0.15) is 5.75 Å². The first-order chi connectivity index (χ1) is 7.83. The van der Waals surface area contributed by atoms with Gasteiger partial charge in [-0.25, -0.2) is 0 Å². The molecule has 1 aromatic heterocycles. The summed E-state index contributed by atoms with van der Waals surface area (Å²) in [5.74, 6) is 0.906. The van der Waals surface area contributed by atoms with Crippen LogP contribution in [0.25, 0.3) is 0 Å². The van der Waals surface area contributed by atoms with Crippen molar-refractivity contribution in [3.8, 4) is 5.75 Å². The molecule has 16 heavy (non-hydrogen) atoms. The van der Waals surface area contributed by atoms with Gasteiger partial charge in [0.25, 0.3) is 0 Å². The summed E-state index contributed by atoms with van der Waals surface area (Å²) in [7, 11) is 1.68. The van der Waals surface area contributed by atoms with Crippen LogP contribution in [-0.2, 0) is 6.42 Å². The van der Waals surface area contributed by atoms with Crippen molar-refractivity contribution >= 4 is 22.4 Å². The molecule has 0 aliphatic rings. The second kappa shape index (κ2) is 4.89. The number of anilines is 2. The van der Waals surface area contributed by atoms with E-state index in [-0.39, 0.29) is 0 Å². The molecule has 0 saturated heterocycles. The molecular weight excluding hydrogens is 224 g/mol. The highest BCUT2D eigenvalue weighted by molar-refractivity contribution is 7.09. The summed E-state index contributed by atoms with van der Waals surface area (Å²) < 4.78 is 8.95. The average Bonchev–Trinajstić information content (AvgIpc) is 2.81. The molecule has 0 aliphatic carbocycles. The van der Waals surface area contributed by atoms with Crippen molar-refractivity contribution in [1.29, 1.82) is 0 Å². The summed E-state index contributed by atoms with van der Waals surface area (Å²) in [6, 6.07) is 5.93. The third kappa shape index (κ3) is 2.27. The average molecular weight is 236 g/mol. The largest absolute Gasteiger partial charge is 0.496 e. The van der Waals surface area contributed by atoms with Crippen LogP contribution in [-0.4, -0.2) is 21.9 Å². The van der Waals surface area contributed by atoms with E-state index in [0.29, 0.717) is 5.13 Å². The molecule has 1 N–H and O–H groups in total. The van der Waals surface area contributed by atoms with E-state index in [1.54, 1.807) is 7.11 Å². The van der Waals surface area contributed by atoms with Gasteiger partial charge in [0, 0.05) is 17.2 Å². The fourth-order valence-corrected chi connectivity index (χ4v) is 1.82. The predicted octanol–water partition coefficient (Wildman–Crippen LogP) is 2.25. The van der Waals surface area contributed by atoms with E-state index >= 15 is 0 Å². The molecule has 6 heteroatoms. The lowest BCUT2D eigenvalue weighted by Gasteiger charge is -2.09. The minimum atomic E-state index is 0.687. The van der Waals surface area contributed by atoms with Gasteiger partial charge in [0.05, 0.1) is 7.11 Å². The number of methoxy groups -OCH3 is 1. The lowest BCUT2D eigenvalue weighted by atomic mass is 10.1. The lowest BCUT2D eigenvalue weighted by molar-refractivity contribution is 0.410. The zero-order chi connectivity index (χ0) is 11.4. The van der Waals surface area contributed by atoms with Crippen LogP contribution in [0.15, 0.2) is 18.2 Å². The van der Waals surface area contributed by atoms with Crippen molar-refractivity contribution in [2.75, 3.05) is 12.4 Å². The van der Waals surface area contributed by atoms with Gasteiger partial charge < -0.3 is 10.1 Å². The van der Waals surface area contributed by atoms with Gasteiger partial charge >= 0.3 is 0 Å². The van der Waals surface area contributed by atoms with Crippen LogP contribution in [0.4, 0.5) is 10.8 Å². The molecule has 5 nitrogen and oxygen atoms in total. The molecule has 2 rings (SSSR count). The van der Waals surface area contributed by atoms with Gasteiger partial charge in [-0.05, 0) is 35.4 Å². The van der Waals surface area contributed by atoms with Crippen molar-refractivity contribution in [1.82, 2.24) is 14.8 Å². The van der Waals surface area contributed by atoms with Crippen LogP contribution in [0.1, 0.15) is 12.5 Å². The lowest BCUT2D eigenvalue weighted by Crippen LogP contribution is -1.94. The van der Waals surface area contributed by atoms with Crippen molar-refractivity contribution in [3.63, 3.8) is 0 Å². The quantitative estimate of drug-likeness (QED) is 0.882. The monoisotopic (exact) mass is 236 g/mol. The number of aromatic nitrogens is 3. The molecule has 0 bridgehead atoms. The van der Waals surface area contributed by atoms with Crippen LogP contribution in [0.5, 0.6) is 5.75 Å². The van der Waals surface area contributed by atoms with Crippen LogP contribution in [0.3, 0.4) is 0 Å². The Balaban J connectivity index is 2.22. The molecule has 0 saturated carbocycles. The second-order valence-electron chi connectivity index (χ2n) is 3.17. The summed E-state index contributed by atoms with van der Waals surface area (Å²) in [6.07, 6.45) is 0.924. The number of nitrogens with one attached hydrogen (secondary N) is 1. The molecule has 0 radical (unpaired) electrons. The van der Waals surface area contributed by atoms with Gasteiger partial charge in [-0.15, -0.1) is 0 Å². The molecule has 2 aromatic rings. The zero-order valence-electron chi connectivity index (χ0n) is 9.10. The van der Waals surface area contributed by atoms with Crippen molar-refractivity contribution in [2.45, 2.75) is 13.3 Å². The smallest absolute Gasteiger partial charge is 0.229 e. The van der Waals surface area contributed by atoms with Gasteiger partial charge in [0.2, 0.25) is 5.13 Å². The molecule has 84 valence electrons. The Bertz CT molecular complexity index is 458. The third-order valence-electron chi connectivity index (χ3n) is 2.21. The first-order valence-electron chi connectivity index (χ1n) is 4.92. The normalized spacial score (nSPS) is 10.1. The molecule has 0 aliphatic heterocycles. The molecule has 0 spiro atoms. The van der Waals surface area contributed by atoms with Crippen molar-refractivity contribution < 1.29 is 4.74 Å². The molecule has 1 heterocycles. The van der Waals surface area contributed by atoms with Crippen molar-refractivity contribution in [3.05, 3.63) is 23.8 Å². The van der Waals surface area contributed by atoms with E-state index < -0.39 is 0 Å². The van der Waals surface area contributed by atoms with Crippen LogP contribution < -0.4 is 10.1 Å². The summed E-state index contributed by atoms with van der Waals surface area (Å²) in [5, 5.41) is 11.2. The maximum atomic E-state index is 5.26. The van der Waals surface area contributed by atoms with E-state index in [0.717, 1.165) is 23.4 Å². The highest BCUT2D eigenvalue weighted by Crippen LogP contribution is 2.25. The Morgan fingerprint density at radius 1 is 1.44 bits per heavy atom. The van der Waals surface area contributed by atoms with E-state index in [1.165, 1.54) is 11.5 Å². The van der Waals surface area contributed by atoms with Gasteiger partial charge in [-0.2, -0.15) is 0 Å². The Morgan fingerprint density at radius 3 is 2.94 bits per heavy atom. The third-order valence-corrected chi connectivity index (χ3v) is 2.72. The highest BCUT2D eigenvalue weighted by Gasteiger charge is 2.04. The summed E-state index contributed by atoms with van der Waals surface area (Å²) in [6.45, 7) is 2.09. The van der Waals surface area contributed by atoms with E-state index in [1.807, 2.05) is 18.2 Å². The SMILES string of the molecule is CCc1cc(Nc2nnns2)ccc1OC. The van der Waals surface area contributed by atoms with Crippen LogP contribution >= 0.6 is 11.5 Å². The molecule has 1 aromatic carbocycles. The summed E-state index contributed by atoms with van der Waals surface area (Å²) in [4.78, 5) is 0. The topological polar surface area (TPSA) is 59.9 Å². The Hall–Kier alpha value is -1.69. The number of nitrogens with zero attached hydrogens (tertiary/aromatic N) is 3. The molecule has 0 atom stereocenters. The standard InChI is InChI=1S/C10H12N4OS/c1-3-7-6-8(4-5-9(7)15-2)11-10-12-13-14-16-10/h4-6H,3H2,1-2H3,(H,11,12,14). The zero-order valence-corrected chi connectivity index (χ0v) is 9.91. The summed E-state index contributed by atoms with van der Waals surface area (Å²) in [5.41, 5.74) is 2.13. The minimum absolute atomic E-state index is 0.687. The van der Waals surface area contributed by atoms with Gasteiger partial charge in [-0.3, -0.25) is 0 Å². The number of rotatable bonds is 4. The number of hydrogen-bond donors (Lipinski definition) is 1. The molecular formula is C10H12N4OS. The number of hydrogen-bond acceptors (Lipinski definition) is 6. The molecule has 0 amide bonds. The second-order valence-corrected chi connectivity index (χ2v) is 3.91. The van der Waals surface area contributed by atoms with Crippen molar-refractivity contribution in [2.24, 2.45) is 0 Å². The Kier molecular flexibility index (Phi) is 3.31. The van der Waals surface area contributed by atoms with E-state index in [9.17, 15) is 0 Å². The Labute approximate surface area is 97.6 Å². The number of aryl methyl sites for hydroxylation is 1. The van der Waals surface area contributed by atoms with Crippen LogP contribution in [0.2, 0.25) is 0 Å². The molecule has 0 unspecified atom stereocenters. The number of ether oxygens (including phenoxy) is 1. The summed E-state index contributed by atoms with van der Waals surface area (Å²) >= 11 is 1.23.